The van der Waals surface area contributed by atoms with Gasteiger partial charge in [0.1, 0.15) is 11.9 Å². The zero-order chi connectivity index (χ0) is 24.4. The van der Waals surface area contributed by atoms with Crippen LogP contribution in [0.1, 0.15) is 6.42 Å². The van der Waals surface area contributed by atoms with E-state index in [0.29, 0.717) is 43.4 Å². The Kier molecular flexibility index (Phi) is 6.65. The van der Waals surface area contributed by atoms with Crippen molar-refractivity contribution < 1.29 is 19.1 Å². The molecule has 9 nitrogen and oxygen atoms in total. The van der Waals surface area contributed by atoms with Gasteiger partial charge in [0.2, 0.25) is 5.91 Å². The molecule has 10 heteroatoms. The zero-order valence-electron chi connectivity index (χ0n) is 19.3. The van der Waals surface area contributed by atoms with Gasteiger partial charge < -0.3 is 24.7 Å². The van der Waals surface area contributed by atoms with E-state index in [1.54, 1.807) is 22.6 Å². The predicted octanol–water partition coefficient (Wildman–Crippen LogP) is 3.06. The number of nitrogens with zero attached hydrogens (tertiary/aromatic N) is 2. The highest BCUT2D eigenvalue weighted by Gasteiger charge is 2.32. The van der Waals surface area contributed by atoms with Gasteiger partial charge in [0.05, 0.1) is 30.6 Å². The van der Waals surface area contributed by atoms with Crippen LogP contribution in [0, 0.1) is 0 Å². The van der Waals surface area contributed by atoms with E-state index < -0.39 is 6.09 Å². The van der Waals surface area contributed by atoms with Crippen molar-refractivity contribution in [3.05, 3.63) is 58.9 Å². The lowest BCUT2D eigenvalue weighted by Crippen LogP contribution is -2.32. The zero-order valence-corrected chi connectivity index (χ0v) is 20.1. The summed E-state index contributed by atoms with van der Waals surface area (Å²) in [6, 6.07) is 14.7. The fourth-order valence-corrected chi connectivity index (χ4v) is 5.12. The standard InChI is InChI=1S/C25H26N4O5S/c1-33-18-6-3-16-4-8-24(31)28(21(16)12-18)10-2-9-26-13-19-14-29(25(32)34-19)17-5-7-22-20(11-17)27-23(30)15-35-22/h3-8,11-12,19,26H,2,9-10,13-15H2,1H3,(H,27,30). The van der Waals surface area contributed by atoms with E-state index in [1.807, 2.05) is 42.5 Å². The number of aromatic nitrogens is 1. The van der Waals surface area contributed by atoms with Crippen molar-refractivity contribution in [2.24, 2.45) is 0 Å². The van der Waals surface area contributed by atoms with E-state index in [4.69, 9.17) is 9.47 Å². The normalized spacial score (nSPS) is 17.3. The minimum atomic E-state index is -0.400. The van der Waals surface area contributed by atoms with Crippen molar-refractivity contribution >= 4 is 46.0 Å². The summed E-state index contributed by atoms with van der Waals surface area (Å²) in [6.45, 7) is 2.17. The second kappa shape index (κ2) is 10.0. The van der Waals surface area contributed by atoms with Crippen molar-refractivity contribution in [1.29, 1.82) is 0 Å². The summed E-state index contributed by atoms with van der Waals surface area (Å²) in [4.78, 5) is 39.1. The monoisotopic (exact) mass is 494 g/mol. The van der Waals surface area contributed by atoms with Crippen molar-refractivity contribution in [1.82, 2.24) is 9.88 Å². The molecule has 0 aliphatic carbocycles. The average molecular weight is 495 g/mol. The van der Waals surface area contributed by atoms with Crippen LogP contribution in [0.2, 0.25) is 0 Å². The van der Waals surface area contributed by atoms with Gasteiger partial charge in [-0.25, -0.2) is 4.79 Å². The molecule has 1 saturated heterocycles. The topological polar surface area (TPSA) is 102 Å². The Morgan fingerprint density at radius 1 is 1.14 bits per heavy atom. The van der Waals surface area contributed by atoms with Gasteiger partial charge in [0.25, 0.3) is 5.56 Å². The fraction of sp³-hybridized carbons (Fsp3) is 0.320. The van der Waals surface area contributed by atoms with Crippen LogP contribution in [0.15, 0.2) is 58.2 Å². The average Bonchev–Trinajstić information content (AvgIpc) is 3.24. The van der Waals surface area contributed by atoms with Crippen molar-refractivity contribution in [2.45, 2.75) is 24.0 Å². The minimum absolute atomic E-state index is 0.0457. The molecule has 1 fully saturated rings. The summed E-state index contributed by atoms with van der Waals surface area (Å²) in [5.41, 5.74) is 2.21. The molecule has 35 heavy (non-hydrogen) atoms. The first kappa shape index (κ1) is 23.3. The quantitative estimate of drug-likeness (QED) is 0.464. The summed E-state index contributed by atoms with van der Waals surface area (Å²) >= 11 is 1.48. The second-order valence-electron chi connectivity index (χ2n) is 8.44. The molecule has 1 unspecified atom stereocenters. The van der Waals surface area contributed by atoms with Gasteiger partial charge in [-0.1, -0.05) is 0 Å². The van der Waals surface area contributed by atoms with Gasteiger partial charge in [-0.3, -0.25) is 14.5 Å². The molecule has 0 spiro atoms. The molecular weight excluding hydrogens is 468 g/mol. The van der Waals surface area contributed by atoms with Crippen molar-refractivity contribution in [3.63, 3.8) is 0 Å². The summed E-state index contributed by atoms with van der Waals surface area (Å²) < 4.78 is 12.6. The van der Waals surface area contributed by atoms with E-state index in [2.05, 4.69) is 10.6 Å². The minimum Gasteiger partial charge on any atom is -0.497 e. The maximum Gasteiger partial charge on any atom is 0.414 e. The van der Waals surface area contributed by atoms with Gasteiger partial charge in [-0.2, -0.15) is 0 Å². The number of carbonyl (C=O) groups excluding carboxylic acids is 2. The third-order valence-electron chi connectivity index (χ3n) is 6.09. The first-order chi connectivity index (χ1) is 17.0. The Labute approximate surface area is 206 Å². The Morgan fingerprint density at radius 3 is 2.86 bits per heavy atom. The Hall–Kier alpha value is -3.50. The van der Waals surface area contributed by atoms with Crippen molar-refractivity contribution in [3.8, 4) is 5.75 Å². The number of hydrogen-bond donors (Lipinski definition) is 2. The molecule has 0 saturated carbocycles. The van der Waals surface area contributed by atoms with Gasteiger partial charge in [-0.05, 0) is 54.8 Å². The molecule has 3 aromatic rings. The highest BCUT2D eigenvalue weighted by atomic mass is 32.2. The number of pyridine rings is 1. The highest BCUT2D eigenvalue weighted by Crippen LogP contribution is 2.35. The van der Waals surface area contributed by atoms with Gasteiger partial charge in [0, 0.05) is 35.8 Å². The molecule has 0 radical (unpaired) electrons. The van der Waals surface area contributed by atoms with Crippen LogP contribution in [-0.2, 0) is 16.1 Å². The number of anilines is 2. The molecule has 1 atom stereocenters. The fourth-order valence-electron chi connectivity index (χ4n) is 4.33. The smallest absolute Gasteiger partial charge is 0.414 e. The summed E-state index contributed by atoms with van der Waals surface area (Å²) in [5.74, 6) is 1.06. The first-order valence-corrected chi connectivity index (χ1v) is 12.4. The number of nitrogens with one attached hydrogen (secondary N) is 2. The lowest BCUT2D eigenvalue weighted by Gasteiger charge is -2.20. The predicted molar refractivity (Wildman–Crippen MR) is 136 cm³/mol. The second-order valence-corrected chi connectivity index (χ2v) is 9.46. The number of cyclic esters (lactones) is 1. The Balaban J connectivity index is 1.14. The van der Waals surface area contributed by atoms with Crippen LogP contribution in [0.3, 0.4) is 0 Å². The first-order valence-electron chi connectivity index (χ1n) is 11.4. The molecule has 2 aliphatic heterocycles. The van der Waals surface area contributed by atoms with Crippen LogP contribution in [0.5, 0.6) is 5.75 Å². The number of carbonyl (C=O) groups is 2. The van der Waals surface area contributed by atoms with E-state index in [9.17, 15) is 14.4 Å². The maximum atomic E-state index is 12.4. The maximum absolute atomic E-state index is 12.4. The molecule has 2 aromatic carbocycles. The number of ether oxygens (including phenoxy) is 2. The van der Waals surface area contributed by atoms with Gasteiger partial charge in [0.15, 0.2) is 0 Å². The van der Waals surface area contributed by atoms with Gasteiger partial charge in [-0.15, -0.1) is 11.8 Å². The molecule has 2 aliphatic rings. The highest BCUT2D eigenvalue weighted by molar-refractivity contribution is 8.00. The largest absolute Gasteiger partial charge is 0.497 e. The molecule has 182 valence electrons. The van der Waals surface area contributed by atoms with E-state index >= 15 is 0 Å². The number of benzene rings is 2. The lowest BCUT2D eigenvalue weighted by molar-refractivity contribution is -0.113. The molecule has 3 heterocycles. The number of hydrogen-bond acceptors (Lipinski definition) is 7. The van der Waals surface area contributed by atoms with E-state index in [-0.39, 0.29) is 17.6 Å². The van der Waals surface area contributed by atoms with Crippen LogP contribution in [0.25, 0.3) is 10.9 Å². The summed E-state index contributed by atoms with van der Waals surface area (Å²) in [7, 11) is 1.61. The van der Waals surface area contributed by atoms with Crippen LogP contribution >= 0.6 is 11.8 Å². The summed E-state index contributed by atoms with van der Waals surface area (Å²) in [6.07, 6.45) is 0.0535. The van der Waals surface area contributed by atoms with E-state index in [0.717, 1.165) is 27.9 Å². The number of rotatable bonds is 8. The van der Waals surface area contributed by atoms with Gasteiger partial charge >= 0.3 is 6.09 Å². The van der Waals surface area contributed by atoms with Crippen LogP contribution in [0.4, 0.5) is 16.2 Å². The lowest BCUT2D eigenvalue weighted by atomic mass is 10.2. The Bertz CT molecular complexity index is 1340. The molecule has 2 amide bonds. The number of aryl methyl sites for hydroxylation is 1. The number of methoxy groups -OCH3 is 1. The number of fused-ring (bicyclic) bond motifs is 2. The molecule has 2 N–H and O–H groups in total. The van der Waals surface area contributed by atoms with E-state index in [1.165, 1.54) is 11.8 Å². The molecule has 0 bridgehead atoms. The van der Waals surface area contributed by atoms with Crippen LogP contribution < -0.4 is 25.8 Å². The van der Waals surface area contributed by atoms with Crippen LogP contribution in [-0.4, -0.2) is 55.2 Å². The number of amides is 2. The molecule has 5 rings (SSSR count). The summed E-state index contributed by atoms with van der Waals surface area (Å²) in [5, 5.41) is 7.17. The third kappa shape index (κ3) is 4.98. The molecule has 1 aromatic heterocycles. The Morgan fingerprint density at radius 2 is 2.00 bits per heavy atom. The SMILES string of the molecule is COc1ccc2ccc(=O)n(CCCNCC3CN(c4ccc5c(c4)NC(=O)CS5)C(=O)O3)c2c1. The molecular formula is C25H26N4O5S. The van der Waals surface area contributed by atoms with Crippen molar-refractivity contribution in [2.75, 3.05) is 42.7 Å². The number of thioether (sulfide) groups is 1. The third-order valence-corrected chi connectivity index (χ3v) is 7.16.